The summed E-state index contributed by atoms with van der Waals surface area (Å²) >= 11 is 0. The molecule has 1 N–H and O–H groups in total. The first-order valence-electron chi connectivity index (χ1n) is 6.27. The highest BCUT2D eigenvalue weighted by Crippen LogP contribution is 2.30. The van der Waals surface area contributed by atoms with Gasteiger partial charge in [-0.2, -0.15) is 0 Å². The number of allylic oxidation sites excluding steroid dienone is 1. The monoisotopic (exact) mass is 247 g/mol. The molecule has 1 unspecified atom stereocenters. The van der Waals surface area contributed by atoms with Gasteiger partial charge in [-0.25, -0.2) is 4.39 Å². The fraction of sp³-hybridized carbons (Fsp3) is 0.400. The van der Waals surface area contributed by atoms with Crippen LogP contribution in [0.1, 0.15) is 49.7 Å². The maximum Gasteiger partial charge on any atom is 0.231 e. The Hall–Kier alpha value is -1.64. The maximum absolute atomic E-state index is 14.1. The van der Waals surface area contributed by atoms with E-state index in [-0.39, 0.29) is 17.6 Å². The molecule has 2 nitrogen and oxygen atoms in total. The first kappa shape index (κ1) is 12.8. The summed E-state index contributed by atoms with van der Waals surface area (Å²) in [6.45, 7) is 7.77. The molecule has 0 aromatic heterocycles. The molecule has 3 heteroatoms. The van der Waals surface area contributed by atoms with Crippen LogP contribution in [0, 0.1) is 5.82 Å². The smallest absolute Gasteiger partial charge is 0.231 e. The lowest BCUT2D eigenvalue weighted by Crippen LogP contribution is -2.33. The molecule has 1 aromatic rings. The van der Waals surface area contributed by atoms with Crippen molar-refractivity contribution in [3.8, 4) is 0 Å². The number of halogens is 1. The average Bonchev–Trinajstić information content (AvgIpc) is 2.30. The normalized spacial score (nSPS) is 20.1. The number of hydrogen-bond donors (Lipinski definition) is 1. The summed E-state index contributed by atoms with van der Waals surface area (Å²) in [5.74, 6) is -0.540. The third-order valence-corrected chi connectivity index (χ3v) is 3.42. The summed E-state index contributed by atoms with van der Waals surface area (Å²) in [5, 5.41) is 2.69. The van der Waals surface area contributed by atoms with Crippen molar-refractivity contribution in [2.24, 2.45) is 0 Å². The molecule has 1 heterocycles. The maximum atomic E-state index is 14.1. The Balaban J connectivity index is 2.28. The molecule has 2 rings (SSSR count). The van der Waals surface area contributed by atoms with Crippen molar-refractivity contribution in [2.75, 3.05) is 0 Å². The van der Waals surface area contributed by atoms with E-state index in [1.54, 1.807) is 6.07 Å². The molecule has 0 aliphatic carbocycles. The molecular weight excluding hydrogens is 229 g/mol. The van der Waals surface area contributed by atoms with Crippen molar-refractivity contribution in [1.82, 2.24) is 5.32 Å². The minimum atomic E-state index is -0.392. The van der Waals surface area contributed by atoms with Gasteiger partial charge in [0.1, 0.15) is 5.82 Å². The molecule has 0 saturated carbocycles. The highest BCUT2D eigenvalue weighted by molar-refractivity contribution is 5.86. The van der Waals surface area contributed by atoms with Crippen molar-refractivity contribution < 1.29 is 9.18 Å². The van der Waals surface area contributed by atoms with Gasteiger partial charge in [-0.3, -0.25) is 4.79 Å². The molecule has 1 aliphatic heterocycles. The Morgan fingerprint density at radius 3 is 2.72 bits per heavy atom. The van der Waals surface area contributed by atoms with Crippen LogP contribution in [-0.2, 0) is 4.79 Å². The summed E-state index contributed by atoms with van der Waals surface area (Å²) in [7, 11) is 0. The Bertz CT molecular complexity index is 493. The number of nitrogens with one attached hydrogen (secondary N) is 1. The predicted molar refractivity (Wildman–Crippen MR) is 69.7 cm³/mol. The lowest BCUT2D eigenvalue weighted by atomic mass is 9.88. The van der Waals surface area contributed by atoms with Gasteiger partial charge in [-0.15, -0.1) is 0 Å². The van der Waals surface area contributed by atoms with Gasteiger partial charge in [0.15, 0.2) is 0 Å². The lowest BCUT2D eigenvalue weighted by molar-refractivity contribution is -0.122. The third kappa shape index (κ3) is 2.45. The fourth-order valence-corrected chi connectivity index (χ4v) is 2.26. The van der Waals surface area contributed by atoms with Crippen molar-refractivity contribution in [3.05, 3.63) is 47.4 Å². The van der Waals surface area contributed by atoms with Crippen molar-refractivity contribution in [1.29, 1.82) is 0 Å². The summed E-state index contributed by atoms with van der Waals surface area (Å²) in [6, 6.07) is 5.18. The van der Waals surface area contributed by atoms with E-state index < -0.39 is 5.92 Å². The number of rotatable bonds is 2. The third-order valence-electron chi connectivity index (χ3n) is 3.42. The molecule has 96 valence electrons. The molecule has 0 bridgehead atoms. The van der Waals surface area contributed by atoms with Gasteiger partial charge in [-0.1, -0.05) is 32.6 Å². The van der Waals surface area contributed by atoms with Crippen molar-refractivity contribution in [2.45, 2.75) is 38.5 Å². The number of carbonyl (C=O) groups is 1. The van der Waals surface area contributed by atoms with E-state index in [0.29, 0.717) is 18.4 Å². The molecule has 1 amide bonds. The standard InChI is InChI=1S/C15H18FNO/c1-9(2)11-5-7-12(14(16)8-11)13-6-4-10(3)17-15(13)18/h5,7-9,13H,3-4,6H2,1-2H3,(H,17,18). The van der Waals surface area contributed by atoms with E-state index in [4.69, 9.17) is 0 Å². The van der Waals surface area contributed by atoms with Gasteiger partial charge in [0.25, 0.3) is 0 Å². The first-order chi connectivity index (χ1) is 8.49. The van der Waals surface area contributed by atoms with E-state index in [9.17, 15) is 9.18 Å². The zero-order chi connectivity index (χ0) is 13.3. The van der Waals surface area contributed by atoms with Crippen LogP contribution < -0.4 is 5.32 Å². The summed E-state index contributed by atoms with van der Waals surface area (Å²) < 4.78 is 14.1. The molecule has 1 aliphatic rings. The minimum Gasteiger partial charge on any atom is -0.330 e. The Morgan fingerprint density at radius 2 is 2.17 bits per heavy atom. The van der Waals surface area contributed by atoms with Crippen LogP contribution in [0.4, 0.5) is 4.39 Å². The number of hydrogen-bond acceptors (Lipinski definition) is 1. The second-order valence-electron chi connectivity index (χ2n) is 5.12. The Morgan fingerprint density at radius 1 is 1.44 bits per heavy atom. The quantitative estimate of drug-likeness (QED) is 0.852. The Kier molecular flexibility index (Phi) is 3.50. The molecule has 1 aromatic carbocycles. The van der Waals surface area contributed by atoms with E-state index >= 15 is 0 Å². The van der Waals surface area contributed by atoms with E-state index in [2.05, 4.69) is 11.9 Å². The van der Waals surface area contributed by atoms with Gasteiger partial charge in [0.2, 0.25) is 5.91 Å². The molecule has 0 spiro atoms. The molecule has 1 fully saturated rings. The van der Waals surface area contributed by atoms with E-state index in [1.165, 1.54) is 6.07 Å². The predicted octanol–water partition coefficient (Wildman–Crippen LogP) is 3.46. The SMILES string of the molecule is C=C1CCC(c2ccc(C(C)C)cc2F)C(=O)N1. The van der Waals surface area contributed by atoms with Crippen LogP contribution >= 0.6 is 0 Å². The number of benzene rings is 1. The highest BCUT2D eigenvalue weighted by Gasteiger charge is 2.27. The molecular formula is C15H18FNO. The van der Waals surface area contributed by atoms with Crippen LogP contribution in [0.5, 0.6) is 0 Å². The van der Waals surface area contributed by atoms with Gasteiger partial charge in [0.05, 0.1) is 5.92 Å². The summed E-state index contributed by atoms with van der Waals surface area (Å²) in [5.41, 5.74) is 2.16. The summed E-state index contributed by atoms with van der Waals surface area (Å²) in [4.78, 5) is 11.8. The van der Waals surface area contributed by atoms with E-state index in [0.717, 1.165) is 11.3 Å². The number of amides is 1. The molecule has 1 saturated heterocycles. The number of carbonyl (C=O) groups excluding carboxylic acids is 1. The van der Waals surface area contributed by atoms with Crippen LogP contribution in [0.25, 0.3) is 0 Å². The fourth-order valence-electron chi connectivity index (χ4n) is 2.26. The van der Waals surface area contributed by atoms with Crippen LogP contribution in [-0.4, -0.2) is 5.91 Å². The molecule has 0 radical (unpaired) electrons. The zero-order valence-corrected chi connectivity index (χ0v) is 10.8. The van der Waals surface area contributed by atoms with Crippen molar-refractivity contribution in [3.63, 3.8) is 0 Å². The highest BCUT2D eigenvalue weighted by atomic mass is 19.1. The van der Waals surface area contributed by atoms with Crippen LogP contribution in [0.3, 0.4) is 0 Å². The molecule has 1 atom stereocenters. The second-order valence-corrected chi connectivity index (χ2v) is 5.12. The van der Waals surface area contributed by atoms with Gasteiger partial charge >= 0.3 is 0 Å². The zero-order valence-electron chi connectivity index (χ0n) is 10.8. The topological polar surface area (TPSA) is 29.1 Å². The van der Waals surface area contributed by atoms with Gasteiger partial charge in [0, 0.05) is 11.3 Å². The first-order valence-corrected chi connectivity index (χ1v) is 6.27. The average molecular weight is 247 g/mol. The Labute approximate surface area is 107 Å². The van der Waals surface area contributed by atoms with Gasteiger partial charge < -0.3 is 5.32 Å². The van der Waals surface area contributed by atoms with Crippen LogP contribution in [0.15, 0.2) is 30.5 Å². The van der Waals surface area contributed by atoms with Crippen LogP contribution in [0.2, 0.25) is 0 Å². The van der Waals surface area contributed by atoms with Crippen molar-refractivity contribution >= 4 is 5.91 Å². The van der Waals surface area contributed by atoms with E-state index in [1.807, 2.05) is 19.9 Å². The minimum absolute atomic E-state index is 0.151. The van der Waals surface area contributed by atoms with Gasteiger partial charge in [-0.05, 0) is 30.4 Å². The largest absolute Gasteiger partial charge is 0.330 e. The second kappa shape index (κ2) is 4.92. The molecule has 18 heavy (non-hydrogen) atoms. The lowest BCUT2D eigenvalue weighted by Gasteiger charge is -2.24. The number of piperidine rings is 1. The summed E-state index contributed by atoms with van der Waals surface area (Å²) in [6.07, 6.45) is 1.34.